The Balaban J connectivity index is 4.15. The van der Waals surface area contributed by atoms with Gasteiger partial charge in [-0.15, -0.1) is 13.2 Å². The standard InChI is InChI=1S/C4H7F3O3S/c1-2-3-11(8,9)10-4(5,6)7/h2-3H2,1H3. The Morgan fingerprint density at radius 1 is 1.36 bits per heavy atom. The first-order valence-corrected chi connectivity index (χ1v) is 4.34. The largest absolute Gasteiger partial charge is 0.537 e. The van der Waals surface area contributed by atoms with Crippen LogP contribution in [-0.2, 0) is 14.3 Å². The first-order valence-electron chi connectivity index (χ1n) is 2.77. The van der Waals surface area contributed by atoms with Crippen LogP contribution in [0.25, 0.3) is 0 Å². The lowest BCUT2D eigenvalue weighted by atomic mass is 10.6. The predicted octanol–water partition coefficient (Wildman–Crippen LogP) is 1.26. The summed E-state index contributed by atoms with van der Waals surface area (Å²) < 4.78 is 57.3. The maximum atomic E-state index is 11.3. The Morgan fingerprint density at radius 2 is 1.82 bits per heavy atom. The quantitative estimate of drug-likeness (QED) is 0.632. The summed E-state index contributed by atoms with van der Waals surface area (Å²) in [6.45, 7) is 1.44. The Morgan fingerprint density at radius 3 is 2.09 bits per heavy atom. The van der Waals surface area contributed by atoms with Crippen molar-refractivity contribution in [2.45, 2.75) is 19.7 Å². The number of alkyl halides is 3. The number of hydrogen-bond acceptors (Lipinski definition) is 3. The first kappa shape index (κ1) is 10.7. The van der Waals surface area contributed by atoms with Crippen LogP contribution < -0.4 is 0 Å². The molecule has 0 radical (unpaired) electrons. The molecule has 0 rings (SSSR count). The monoisotopic (exact) mass is 192 g/mol. The molecular formula is C4H7F3O3S. The Kier molecular flexibility index (Phi) is 3.30. The molecule has 0 N–H and O–H groups in total. The molecule has 0 aliphatic rings. The van der Waals surface area contributed by atoms with Crippen LogP contribution in [0.15, 0.2) is 0 Å². The van der Waals surface area contributed by atoms with Crippen LogP contribution in [0.1, 0.15) is 13.3 Å². The molecule has 0 bridgehead atoms. The number of rotatable bonds is 3. The van der Waals surface area contributed by atoms with Gasteiger partial charge in [0.1, 0.15) is 0 Å². The van der Waals surface area contributed by atoms with Crippen LogP contribution in [0.5, 0.6) is 0 Å². The van der Waals surface area contributed by atoms with Gasteiger partial charge in [0, 0.05) is 0 Å². The Labute approximate surface area is 62.3 Å². The molecule has 0 spiro atoms. The van der Waals surface area contributed by atoms with E-state index >= 15 is 0 Å². The van der Waals surface area contributed by atoms with E-state index in [1.54, 1.807) is 0 Å². The average Bonchev–Trinajstić information content (AvgIpc) is 1.55. The summed E-state index contributed by atoms with van der Waals surface area (Å²) in [4.78, 5) is 0. The van der Waals surface area contributed by atoms with E-state index in [1.807, 2.05) is 0 Å². The van der Waals surface area contributed by atoms with Crippen molar-refractivity contribution < 1.29 is 25.8 Å². The molecule has 0 aliphatic heterocycles. The van der Waals surface area contributed by atoms with E-state index in [1.165, 1.54) is 6.92 Å². The summed E-state index contributed by atoms with van der Waals surface area (Å²) in [5, 5.41) is 0. The highest BCUT2D eigenvalue weighted by Gasteiger charge is 2.36. The van der Waals surface area contributed by atoms with Gasteiger partial charge < -0.3 is 0 Å². The maximum Gasteiger partial charge on any atom is 0.537 e. The second kappa shape index (κ2) is 3.40. The fraction of sp³-hybridized carbons (Fsp3) is 1.00. The number of halogens is 3. The highest BCUT2D eigenvalue weighted by atomic mass is 32.2. The van der Waals surface area contributed by atoms with E-state index in [9.17, 15) is 21.6 Å². The molecule has 7 heteroatoms. The van der Waals surface area contributed by atoms with E-state index in [-0.39, 0.29) is 6.42 Å². The van der Waals surface area contributed by atoms with Crippen LogP contribution in [-0.4, -0.2) is 20.5 Å². The van der Waals surface area contributed by atoms with Crippen molar-refractivity contribution in [3.05, 3.63) is 0 Å². The minimum atomic E-state index is -5.10. The number of hydrogen-bond donors (Lipinski definition) is 0. The fourth-order valence-electron chi connectivity index (χ4n) is 0.436. The van der Waals surface area contributed by atoms with Gasteiger partial charge in [0.2, 0.25) is 0 Å². The molecule has 0 fully saturated rings. The molecule has 0 aromatic rings. The van der Waals surface area contributed by atoms with E-state index in [0.29, 0.717) is 0 Å². The van der Waals surface area contributed by atoms with Gasteiger partial charge in [-0.25, -0.2) is 0 Å². The van der Waals surface area contributed by atoms with Crippen LogP contribution in [0.4, 0.5) is 13.2 Å². The summed E-state index contributed by atoms with van der Waals surface area (Å²) in [7, 11) is -4.41. The molecule has 0 aromatic heterocycles. The first-order chi connectivity index (χ1) is 4.77. The van der Waals surface area contributed by atoms with Gasteiger partial charge >= 0.3 is 6.36 Å². The third-order valence-electron chi connectivity index (χ3n) is 0.676. The Bertz CT molecular complexity index is 205. The molecule has 0 saturated carbocycles. The summed E-state index contributed by atoms with van der Waals surface area (Å²) >= 11 is 0. The van der Waals surface area contributed by atoms with Crippen molar-refractivity contribution in [3.8, 4) is 0 Å². The third-order valence-corrected chi connectivity index (χ3v) is 2.03. The normalized spacial score (nSPS) is 13.5. The smallest absolute Gasteiger partial charge is 0.199 e. The molecule has 0 amide bonds. The van der Waals surface area contributed by atoms with Crippen molar-refractivity contribution >= 4 is 10.1 Å². The summed E-state index contributed by atoms with van der Waals surface area (Å²) in [5.41, 5.74) is 0. The van der Waals surface area contributed by atoms with E-state index in [0.717, 1.165) is 0 Å². The maximum absolute atomic E-state index is 11.3. The van der Waals surface area contributed by atoms with Crippen LogP contribution >= 0.6 is 0 Å². The van der Waals surface area contributed by atoms with E-state index in [4.69, 9.17) is 0 Å². The molecule has 0 aromatic carbocycles. The second-order valence-electron chi connectivity index (χ2n) is 1.79. The van der Waals surface area contributed by atoms with Gasteiger partial charge in [-0.2, -0.15) is 12.6 Å². The summed E-state index contributed by atoms with van der Waals surface area (Å²) in [6, 6.07) is 0. The van der Waals surface area contributed by atoms with E-state index in [2.05, 4.69) is 4.18 Å². The molecule has 0 unspecified atom stereocenters. The van der Waals surface area contributed by atoms with Crippen molar-refractivity contribution in [2.75, 3.05) is 5.75 Å². The molecule has 0 atom stereocenters. The molecular weight excluding hydrogens is 185 g/mol. The zero-order chi connectivity index (χ0) is 9.12. The minimum Gasteiger partial charge on any atom is -0.199 e. The van der Waals surface area contributed by atoms with E-state index < -0.39 is 22.2 Å². The SMILES string of the molecule is CCCS(=O)(=O)OC(F)(F)F. The summed E-state index contributed by atoms with van der Waals surface area (Å²) in [6.07, 6.45) is -5.01. The molecule has 68 valence electrons. The summed E-state index contributed by atoms with van der Waals surface area (Å²) in [5.74, 6) is -0.619. The van der Waals surface area contributed by atoms with Crippen molar-refractivity contribution in [1.82, 2.24) is 0 Å². The minimum absolute atomic E-state index is 0.0956. The van der Waals surface area contributed by atoms with Crippen molar-refractivity contribution in [1.29, 1.82) is 0 Å². The van der Waals surface area contributed by atoms with Crippen LogP contribution in [0.3, 0.4) is 0 Å². The fourth-order valence-corrected chi connectivity index (χ4v) is 1.31. The highest BCUT2D eigenvalue weighted by Crippen LogP contribution is 2.19. The molecule has 0 aliphatic carbocycles. The van der Waals surface area contributed by atoms with Crippen molar-refractivity contribution in [2.24, 2.45) is 0 Å². The lowest BCUT2D eigenvalue weighted by Crippen LogP contribution is -2.21. The van der Waals surface area contributed by atoms with Gasteiger partial charge in [-0.05, 0) is 6.42 Å². The van der Waals surface area contributed by atoms with Crippen LogP contribution in [0, 0.1) is 0 Å². The second-order valence-corrected chi connectivity index (χ2v) is 3.48. The van der Waals surface area contributed by atoms with Gasteiger partial charge in [-0.3, -0.25) is 0 Å². The highest BCUT2D eigenvalue weighted by molar-refractivity contribution is 7.86. The third kappa shape index (κ3) is 6.11. The van der Waals surface area contributed by atoms with Crippen LogP contribution in [0.2, 0.25) is 0 Å². The van der Waals surface area contributed by atoms with Gasteiger partial charge in [0.05, 0.1) is 5.75 Å². The molecule has 11 heavy (non-hydrogen) atoms. The molecule has 3 nitrogen and oxygen atoms in total. The average molecular weight is 192 g/mol. The zero-order valence-electron chi connectivity index (χ0n) is 5.68. The van der Waals surface area contributed by atoms with Crippen molar-refractivity contribution in [3.63, 3.8) is 0 Å². The van der Waals surface area contributed by atoms with Gasteiger partial charge in [-0.1, -0.05) is 6.92 Å². The zero-order valence-corrected chi connectivity index (χ0v) is 6.50. The Hall–Kier alpha value is -0.300. The van der Waals surface area contributed by atoms with Gasteiger partial charge in [0.25, 0.3) is 10.1 Å². The molecule has 0 heterocycles. The van der Waals surface area contributed by atoms with Gasteiger partial charge in [0.15, 0.2) is 0 Å². The lowest BCUT2D eigenvalue weighted by Gasteiger charge is -2.05. The topological polar surface area (TPSA) is 43.4 Å². The lowest BCUT2D eigenvalue weighted by molar-refractivity contribution is -0.271. The molecule has 0 saturated heterocycles. The predicted molar refractivity (Wildman–Crippen MR) is 31.2 cm³/mol.